The van der Waals surface area contributed by atoms with Gasteiger partial charge < -0.3 is 14.2 Å². The number of esters is 2. The van der Waals surface area contributed by atoms with E-state index in [1.807, 2.05) is 0 Å². The molecule has 0 saturated heterocycles. The minimum atomic E-state index is -2.00. The highest BCUT2D eigenvalue weighted by molar-refractivity contribution is 6.92. The fourth-order valence-electron chi connectivity index (χ4n) is 3.59. The van der Waals surface area contributed by atoms with E-state index in [0.29, 0.717) is 17.7 Å². The Morgan fingerprint density at radius 2 is 1.28 bits per heavy atom. The Hall–Kier alpha value is -1.61. The van der Waals surface area contributed by atoms with E-state index in [0.717, 1.165) is 28.1 Å². The third-order valence-corrected chi connectivity index (χ3v) is 8.46. The molecule has 1 aromatic rings. The average molecular weight is 381 g/mol. The largest absolute Gasteiger partial charge is 0.493 e. The maximum absolute atomic E-state index is 12.8. The van der Waals surface area contributed by atoms with Crippen molar-refractivity contribution in [3.63, 3.8) is 0 Å². The highest BCUT2D eigenvalue weighted by Gasteiger charge is 2.41. The fraction of sp³-hybridized carbons (Fsp3) is 0.556. The van der Waals surface area contributed by atoms with Gasteiger partial charge in [-0.05, 0) is 15.9 Å². The van der Waals surface area contributed by atoms with E-state index in [1.165, 1.54) is 14.2 Å². The lowest BCUT2D eigenvalue weighted by Gasteiger charge is -2.30. The molecule has 7 heteroatoms. The van der Waals surface area contributed by atoms with Gasteiger partial charge in [-0.25, -0.2) is 9.59 Å². The van der Waals surface area contributed by atoms with Crippen molar-refractivity contribution in [3.8, 4) is 5.75 Å². The van der Waals surface area contributed by atoms with Gasteiger partial charge >= 0.3 is 11.9 Å². The summed E-state index contributed by atoms with van der Waals surface area (Å²) in [5, 5.41) is 1.84. The molecule has 0 N–H and O–H groups in total. The third-order valence-electron chi connectivity index (χ3n) is 4.43. The molecule has 0 aliphatic carbocycles. The van der Waals surface area contributed by atoms with Gasteiger partial charge in [0.1, 0.15) is 5.75 Å². The van der Waals surface area contributed by atoms with E-state index in [4.69, 9.17) is 14.2 Å². The van der Waals surface area contributed by atoms with Crippen molar-refractivity contribution in [2.24, 2.45) is 0 Å². The second-order valence-corrected chi connectivity index (χ2v) is 18.4. The van der Waals surface area contributed by atoms with Crippen LogP contribution in [0.25, 0.3) is 0 Å². The molecule has 138 valence electrons. The first-order valence-electron chi connectivity index (χ1n) is 8.48. The van der Waals surface area contributed by atoms with Gasteiger partial charge in [0.2, 0.25) is 0 Å². The maximum atomic E-state index is 12.8. The molecular weight excluding hydrogens is 352 g/mol. The SMILES string of the molecule is COC(=O)c1c(C(=O)OC)c([Si](C)(C)C)c2c(c1[Si](C)(C)C)CCO2. The maximum Gasteiger partial charge on any atom is 0.338 e. The van der Waals surface area contributed by atoms with Gasteiger partial charge in [-0.15, -0.1) is 0 Å². The van der Waals surface area contributed by atoms with Gasteiger partial charge in [0.25, 0.3) is 0 Å². The summed E-state index contributed by atoms with van der Waals surface area (Å²) in [6.45, 7) is 13.5. The van der Waals surface area contributed by atoms with Crippen LogP contribution in [0.4, 0.5) is 0 Å². The van der Waals surface area contributed by atoms with E-state index in [2.05, 4.69) is 39.3 Å². The Kier molecular flexibility index (Phi) is 5.21. The number of fused-ring (bicyclic) bond motifs is 1. The third kappa shape index (κ3) is 3.39. The second kappa shape index (κ2) is 6.60. The van der Waals surface area contributed by atoms with E-state index < -0.39 is 28.1 Å². The van der Waals surface area contributed by atoms with Gasteiger partial charge in [-0.2, -0.15) is 0 Å². The van der Waals surface area contributed by atoms with Crippen LogP contribution in [-0.4, -0.2) is 48.9 Å². The Morgan fingerprint density at radius 1 is 0.840 bits per heavy atom. The number of hydrogen-bond donors (Lipinski definition) is 0. The van der Waals surface area contributed by atoms with Crippen LogP contribution in [0.2, 0.25) is 39.3 Å². The topological polar surface area (TPSA) is 61.8 Å². The molecule has 1 aromatic carbocycles. The molecule has 0 radical (unpaired) electrons. The quantitative estimate of drug-likeness (QED) is 0.592. The zero-order valence-corrected chi connectivity index (χ0v) is 18.5. The number of methoxy groups -OCH3 is 2. The van der Waals surface area contributed by atoms with Crippen LogP contribution >= 0.6 is 0 Å². The Balaban J connectivity index is 3.11. The molecule has 0 saturated carbocycles. The molecule has 5 nitrogen and oxygen atoms in total. The summed E-state index contributed by atoms with van der Waals surface area (Å²) in [7, 11) is -1.26. The predicted molar refractivity (Wildman–Crippen MR) is 104 cm³/mol. The minimum absolute atomic E-state index is 0.353. The first-order chi connectivity index (χ1) is 11.4. The zero-order chi connectivity index (χ0) is 19.2. The lowest BCUT2D eigenvalue weighted by Crippen LogP contribution is -2.51. The Labute approximate surface area is 151 Å². The van der Waals surface area contributed by atoms with Crippen molar-refractivity contribution in [1.82, 2.24) is 0 Å². The van der Waals surface area contributed by atoms with Crippen molar-refractivity contribution in [2.45, 2.75) is 45.7 Å². The summed E-state index contributed by atoms with van der Waals surface area (Å²) in [5.74, 6) is -0.146. The first-order valence-corrected chi connectivity index (χ1v) is 15.5. The van der Waals surface area contributed by atoms with Gasteiger partial charge in [0.15, 0.2) is 0 Å². The van der Waals surface area contributed by atoms with Gasteiger partial charge in [0.05, 0.1) is 48.1 Å². The van der Waals surface area contributed by atoms with Crippen LogP contribution in [0.1, 0.15) is 26.3 Å². The van der Waals surface area contributed by atoms with Gasteiger partial charge in [-0.1, -0.05) is 39.3 Å². The van der Waals surface area contributed by atoms with Crippen molar-refractivity contribution >= 4 is 38.5 Å². The van der Waals surface area contributed by atoms with Crippen LogP contribution in [0.15, 0.2) is 0 Å². The van der Waals surface area contributed by atoms with Crippen LogP contribution < -0.4 is 15.1 Å². The van der Waals surface area contributed by atoms with Crippen LogP contribution in [0, 0.1) is 0 Å². The van der Waals surface area contributed by atoms with Crippen molar-refractivity contribution in [1.29, 1.82) is 0 Å². The lowest BCUT2D eigenvalue weighted by molar-refractivity contribution is 0.0557. The normalized spacial score (nSPS) is 13.9. The average Bonchev–Trinajstić information content (AvgIpc) is 2.97. The molecule has 25 heavy (non-hydrogen) atoms. The Bertz CT molecular complexity index is 666. The zero-order valence-electron chi connectivity index (χ0n) is 16.5. The molecule has 0 aromatic heterocycles. The lowest BCUT2D eigenvalue weighted by atomic mass is 10.0. The summed E-state index contributed by atoms with van der Waals surface area (Å²) in [5.41, 5.74) is 1.84. The number of carbonyl (C=O) groups is 2. The summed E-state index contributed by atoms with van der Waals surface area (Å²) >= 11 is 0. The van der Waals surface area contributed by atoms with Gasteiger partial charge in [-0.3, -0.25) is 0 Å². The van der Waals surface area contributed by atoms with E-state index in [-0.39, 0.29) is 0 Å². The summed E-state index contributed by atoms with van der Waals surface area (Å²) in [6, 6.07) is 0. The highest BCUT2D eigenvalue weighted by Crippen LogP contribution is 2.31. The highest BCUT2D eigenvalue weighted by atomic mass is 28.3. The standard InChI is InChI=1S/C18H28O5Si2/c1-21-17(19)12-13(18(20)22-2)16(25(6,7)8)14-11(9-10-23-14)15(12)24(3,4)5/h9-10H2,1-8H3. The number of rotatable bonds is 4. The van der Waals surface area contributed by atoms with Crippen LogP contribution in [-0.2, 0) is 15.9 Å². The second-order valence-electron chi connectivity index (χ2n) is 8.39. The summed E-state index contributed by atoms with van der Waals surface area (Å²) in [6.07, 6.45) is 0.762. The van der Waals surface area contributed by atoms with Crippen molar-refractivity contribution in [2.75, 3.05) is 20.8 Å². The molecule has 0 spiro atoms. The Morgan fingerprint density at radius 3 is 1.68 bits per heavy atom. The summed E-state index contributed by atoms with van der Waals surface area (Å²) < 4.78 is 16.1. The molecule has 0 bridgehead atoms. The van der Waals surface area contributed by atoms with E-state index >= 15 is 0 Å². The molecule has 0 fully saturated rings. The monoisotopic (exact) mass is 380 g/mol. The molecule has 0 atom stereocenters. The fourth-order valence-corrected chi connectivity index (χ4v) is 7.59. The van der Waals surface area contributed by atoms with Crippen molar-refractivity contribution < 1.29 is 23.8 Å². The first kappa shape index (κ1) is 19.7. The molecule has 1 aliphatic heterocycles. The van der Waals surface area contributed by atoms with E-state index in [1.54, 1.807) is 0 Å². The molecular formula is C18H28O5Si2. The number of benzene rings is 1. The molecule has 1 heterocycles. The summed E-state index contributed by atoms with van der Waals surface area (Å²) in [4.78, 5) is 25.5. The number of hydrogen-bond acceptors (Lipinski definition) is 5. The predicted octanol–water partition coefficient (Wildman–Crippen LogP) is 2.29. The smallest absolute Gasteiger partial charge is 0.338 e. The number of carbonyl (C=O) groups excluding carboxylic acids is 2. The van der Waals surface area contributed by atoms with Gasteiger partial charge in [0, 0.05) is 6.42 Å². The molecule has 2 rings (SSSR count). The van der Waals surface area contributed by atoms with E-state index in [9.17, 15) is 9.59 Å². The van der Waals surface area contributed by atoms with Crippen LogP contribution in [0.5, 0.6) is 5.75 Å². The minimum Gasteiger partial charge on any atom is -0.493 e. The molecule has 0 unspecified atom stereocenters. The van der Waals surface area contributed by atoms with Crippen LogP contribution in [0.3, 0.4) is 0 Å². The molecule has 0 amide bonds. The number of ether oxygens (including phenoxy) is 3. The molecule has 1 aliphatic rings. The van der Waals surface area contributed by atoms with Crippen molar-refractivity contribution in [3.05, 3.63) is 16.7 Å².